The van der Waals surface area contributed by atoms with Crippen LogP contribution < -0.4 is 10.6 Å². The van der Waals surface area contributed by atoms with Gasteiger partial charge in [-0.2, -0.15) is 0 Å². The number of non-ortho nitro benzene ring substituents is 1. The highest BCUT2D eigenvalue weighted by atomic mass is 16.6. The summed E-state index contributed by atoms with van der Waals surface area (Å²) in [5.74, 6) is 0.889. The van der Waals surface area contributed by atoms with Crippen LogP contribution in [0, 0.1) is 10.1 Å². The summed E-state index contributed by atoms with van der Waals surface area (Å²) in [6.07, 6.45) is 3.59. The second-order valence-corrected chi connectivity index (χ2v) is 4.31. The lowest BCUT2D eigenvalue weighted by Crippen LogP contribution is -2.20. The molecule has 100 valence electrons. The van der Waals surface area contributed by atoms with Crippen molar-refractivity contribution in [3.8, 4) is 0 Å². The summed E-state index contributed by atoms with van der Waals surface area (Å²) in [4.78, 5) is 16.3. The number of nitrogen functional groups attached to an aromatic ring is 1. The molecule has 0 saturated carbocycles. The maximum absolute atomic E-state index is 10.7. The highest BCUT2D eigenvalue weighted by Crippen LogP contribution is 2.27. The van der Waals surface area contributed by atoms with Crippen molar-refractivity contribution in [1.29, 1.82) is 0 Å². The number of rotatable bonds is 4. The van der Waals surface area contributed by atoms with Crippen LogP contribution in [0.5, 0.6) is 0 Å². The number of nitrogens with zero attached hydrogens (tertiary/aromatic N) is 4. The van der Waals surface area contributed by atoms with Gasteiger partial charge in [0.2, 0.25) is 0 Å². The van der Waals surface area contributed by atoms with Crippen molar-refractivity contribution in [2.24, 2.45) is 7.05 Å². The Morgan fingerprint density at radius 3 is 2.79 bits per heavy atom. The Hall–Kier alpha value is -2.57. The smallest absolute Gasteiger partial charge is 0.271 e. The van der Waals surface area contributed by atoms with Crippen LogP contribution in [0.2, 0.25) is 0 Å². The summed E-state index contributed by atoms with van der Waals surface area (Å²) in [6, 6.07) is 4.46. The normalized spacial score (nSPS) is 10.4. The maximum Gasteiger partial charge on any atom is 0.271 e. The summed E-state index contributed by atoms with van der Waals surface area (Å²) < 4.78 is 1.91. The third-order valence-corrected chi connectivity index (χ3v) is 2.93. The lowest BCUT2D eigenvalue weighted by atomic mass is 10.2. The first-order valence-corrected chi connectivity index (χ1v) is 5.70. The Morgan fingerprint density at radius 2 is 2.26 bits per heavy atom. The molecule has 0 fully saturated rings. The first-order chi connectivity index (χ1) is 8.99. The molecule has 0 aliphatic rings. The summed E-state index contributed by atoms with van der Waals surface area (Å²) in [5.41, 5.74) is 6.97. The van der Waals surface area contributed by atoms with Crippen LogP contribution in [0.3, 0.4) is 0 Å². The predicted octanol–water partition coefficient (Wildman–Crippen LogP) is 1.55. The van der Waals surface area contributed by atoms with E-state index in [4.69, 9.17) is 5.73 Å². The van der Waals surface area contributed by atoms with Gasteiger partial charge in [0.1, 0.15) is 5.82 Å². The highest BCUT2D eigenvalue weighted by molar-refractivity contribution is 5.70. The van der Waals surface area contributed by atoms with E-state index in [2.05, 4.69) is 4.98 Å². The average molecular weight is 261 g/mol. The zero-order chi connectivity index (χ0) is 14.0. The average Bonchev–Trinajstić information content (AvgIpc) is 2.74. The molecule has 0 unspecified atom stereocenters. The van der Waals surface area contributed by atoms with Crippen LogP contribution in [0.1, 0.15) is 5.82 Å². The second-order valence-electron chi connectivity index (χ2n) is 4.31. The van der Waals surface area contributed by atoms with Crippen molar-refractivity contribution < 1.29 is 4.92 Å². The van der Waals surface area contributed by atoms with Gasteiger partial charge in [0.15, 0.2) is 0 Å². The van der Waals surface area contributed by atoms with Gasteiger partial charge in [0.05, 0.1) is 22.8 Å². The van der Waals surface area contributed by atoms with Gasteiger partial charge in [-0.3, -0.25) is 10.1 Å². The monoisotopic (exact) mass is 261 g/mol. The number of nitro benzene ring substituents is 1. The number of benzene rings is 1. The zero-order valence-electron chi connectivity index (χ0n) is 10.8. The fraction of sp³-hybridized carbons (Fsp3) is 0.250. The number of aryl methyl sites for hydroxylation is 1. The number of nitro groups is 1. The lowest BCUT2D eigenvalue weighted by molar-refractivity contribution is -0.384. The predicted molar refractivity (Wildman–Crippen MR) is 72.8 cm³/mol. The van der Waals surface area contributed by atoms with E-state index in [1.807, 2.05) is 29.8 Å². The highest BCUT2D eigenvalue weighted by Gasteiger charge is 2.12. The zero-order valence-corrected chi connectivity index (χ0v) is 10.8. The standard InChI is InChI=1S/C12H15N5O2/c1-15-6-5-14-12(15)8-16(2)11-4-3-9(17(18)19)7-10(11)13/h3-7H,8,13H2,1-2H3. The van der Waals surface area contributed by atoms with Crippen molar-refractivity contribution in [3.05, 3.63) is 46.5 Å². The Labute approximate surface area is 110 Å². The van der Waals surface area contributed by atoms with E-state index in [1.54, 1.807) is 12.3 Å². The Balaban J connectivity index is 2.22. The van der Waals surface area contributed by atoms with Crippen LogP contribution in [-0.2, 0) is 13.6 Å². The topological polar surface area (TPSA) is 90.2 Å². The van der Waals surface area contributed by atoms with Crippen LogP contribution in [0.15, 0.2) is 30.6 Å². The SMILES string of the molecule is CN(Cc1nccn1C)c1ccc([N+](=O)[O-])cc1N. The van der Waals surface area contributed by atoms with Crippen LogP contribution in [0.4, 0.5) is 17.1 Å². The number of imidazole rings is 1. The maximum atomic E-state index is 10.7. The van der Waals surface area contributed by atoms with E-state index in [0.29, 0.717) is 12.2 Å². The molecule has 1 aromatic heterocycles. The van der Waals surface area contributed by atoms with Crippen molar-refractivity contribution in [2.75, 3.05) is 17.7 Å². The van der Waals surface area contributed by atoms with Crippen molar-refractivity contribution in [3.63, 3.8) is 0 Å². The number of anilines is 2. The molecule has 19 heavy (non-hydrogen) atoms. The molecule has 1 aromatic carbocycles. The molecular weight excluding hydrogens is 246 g/mol. The first kappa shape index (κ1) is 12.9. The van der Waals surface area contributed by atoms with Gasteiger partial charge >= 0.3 is 0 Å². The molecule has 7 nitrogen and oxygen atoms in total. The molecule has 7 heteroatoms. The van der Waals surface area contributed by atoms with Crippen LogP contribution >= 0.6 is 0 Å². The largest absolute Gasteiger partial charge is 0.397 e. The molecular formula is C12H15N5O2. The second kappa shape index (κ2) is 4.97. The molecule has 2 rings (SSSR count). The van der Waals surface area contributed by atoms with Gasteiger partial charge in [-0.05, 0) is 6.07 Å². The minimum atomic E-state index is -0.459. The fourth-order valence-electron chi connectivity index (χ4n) is 1.85. The van der Waals surface area contributed by atoms with Crippen molar-refractivity contribution in [2.45, 2.75) is 6.54 Å². The van der Waals surface area contributed by atoms with E-state index in [-0.39, 0.29) is 5.69 Å². The van der Waals surface area contributed by atoms with E-state index in [0.717, 1.165) is 11.5 Å². The molecule has 0 aliphatic carbocycles. The summed E-state index contributed by atoms with van der Waals surface area (Å²) in [6.45, 7) is 0.575. The van der Waals surface area contributed by atoms with E-state index in [9.17, 15) is 10.1 Å². The minimum absolute atomic E-state index is 0.00774. The number of hydrogen-bond acceptors (Lipinski definition) is 5. The first-order valence-electron chi connectivity index (χ1n) is 5.70. The molecule has 2 N–H and O–H groups in total. The molecule has 0 spiro atoms. The van der Waals surface area contributed by atoms with Crippen LogP contribution in [0.25, 0.3) is 0 Å². The van der Waals surface area contributed by atoms with Crippen LogP contribution in [-0.4, -0.2) is 21.5 Å². The van der Waals surface area contributed by atoms with Gasteiger partial charge in [-0.1, -0.05) is 0 Å². The molecule has 0 amide bonds. The number of aromatic nitrogens is 2. The van der Waals surface area contributed by atoms with Crippen molar-refractivity contribution >= 4 is 17.1 Å². The molecule has 0 bridgehead atoms. The Kier molecular flexibility index (Phi) is 3.37. The number of nitrogens with two attached hydrogens (primary N) is 1. The van der Waals surface area contributed by atoms with Crippen molar-refractivity contribution in [1.82, 2.24) is 9.55 Å². The third-order valence-electron chi connectivity index (χ3n) is 2.93. The summed E-state index contributed by atoms with van der Waals surface area (Å²) in [5, 5.41) is 10.7. The number of hydrogen-bond donors (Lipinski definition) is 1. The lowest BCUT2D eigenvalue weighted by Gasteiger charge is -2.20. The van der Waals surface area contributed by atoms with E-state index in [1.165, 1.54) is 12.1 Å². The molecule has 1 heterocycles. The summed E-state index contributed by atoms with van der Waals surface area (Å²) in [7, 11) is 3.78. The van der Waals surface area contributed by atoms with E-state index < -0.39 is 4.92 Å². The molecule has 2 aromatic rings. The minimum Gasteiger partial charge on any atom is -0.397 e. The van der Waals surface area contributed by atoms with Gasteiger partial charge < -0.3 is 15.2 Å². The quantitative estimate of drug-likeness (QED) is 0.512. The van der Waals surface area contributed by atoms with E-state index >= 15 is 0 Å². The van der Waals surface area contributed by atoms with Gasteiger partial charge in [0.25, 0.3) is 5.69 Å². The third kappa shape index (κ3) is 2.65. The fourth-order valence-corrected chi connectivity index (χ4v) is 1.85. The molecule has 0 aliphatic heterocycles. The Morgan fingerprint density at radius 1 is 1.53 bits per heavy atom. The molecule has 0 saturated heterocycles. The van der Waals surface area contributed by atoms with Gasteiger partial charge in [-0.25, -0.2) is 4.98 Å². The van der Waals surface area contributed by atoms with Gasteiger partial charge in [0, 0.05) is 38.6 Å². The molecule has 0 atom stereocenters. The summed E-state index contributed by atoms with van der Waals surface area (Å²) >= 11 is 0. The van der Waals surface area contributed by atoms with Gasteiger partial charge in [-0.15, -0.1) is 0 Å². The Bertz CT molecular complexity index is 608. The molecule has 0 radical (unpaired) electrons.